The van der Waals surface area contributed by atoms with Crippen molar-refractivity contribution in [3.8, 4) is 0 Å². The van der Waals surface area contributed by atoms with E-state index in [0.717, 1.165) is 17.7 Å². The van der Waals surface area contributed by atoms with Crippen LogP contribution in [0.15, 0.2) is 36.4 Å². The summed E-state index contributed by atoms with van der Waals surface area (Å²) in [6.07, 6.45) is -4.25. The molecule has 1 N–H and O–H groups in total. The molecular formula is C17H13BClF3O3. The number of fused-ring (bicyclic) bond motifs is 1. The van der Waals surface area contributed by atoms with Gasteiger partial charge in [-0.05, 0) is 41.2 Å². The standard InChI is InChI=1S/C17H13BClF3O3/c19-12-3-4-13(14(9-12)17(20,21)22)16(23)8-10-1-2-11-5-6-25-18(24)15(11)7-10/h1-4,7,9,24H,5-6,8H2. The normalized spacial score (nSPS) is 14.4. The summed E-state index contributed by atoms with van der Waals surface area (Å²) < 4.78 is 44.6. The first-order chi connectivity index (χ1) is 11.8. The first-order valence-corrected chi connectivity index (χ1v) is 7.95. The topological polar surface area (TPSA) is 46.5 Å². The number of hydrogen-bond donors (Lipinski definition) is 1. The molecule has 2 aromatic rings. The number of benzene rings is 2. The van der Waals surface area contributed by atoms with E-state index in [4.69, 9.17) is 16.3 Å². The molecule has 8 heteroatoms. The van der Waals surface area contributed by atoms with Crippen molar-refractivity contribution in [1.82, 2.24) is 0 Å². The van der Waals surface area contributed by atoms with Crippen molar-refractivity contribution in [3.63, 3.8) is 0 Å². The lowest BCUT2D eigenvalue weighted by Crippen LogP contribution is -2.41. The van der Waals surface area contributed by atoms with E-state index in [-0.39, 0.29) is 11.4 Å². The van der Waals surface area contributed by atoms with Crippen molar-refractivity contribution in [3.05, 3.63) is 63.7 Å². The van der Waals surface area contributed by atoms with Gasteiger partial charge in [0.1, 0.15) is 0 Å². The molecule has 3 rings (SSSR count). The molecule has 2 aromatic carbocycles. The predicted octanol–water partition coefficient (Wildman–Crippen LogP) is 3.04. The molecule has 0 atom stereocenters. The summed E-state index contributed by atoms with van der Waals surface area (Å²) >= 11 is 5.63. The van der Waals surface area contributed by atoms with Crippen LogP contribution >= 0.6 is 11.6 Å². The number of ketones is 1. The molecule has 130 valence electrons. The van der Waals surface area contributed by atoms with Gasteiger partial charge in [0.2, 0.25) is 0 Å². The molecule has 0 fully saturated rings. The van der Waals surface area contributed by atoms with Gasteiger partial charge in [-0.25, -0.2) is 0 Å². The average molecular weight is 369 g/mol. The fourth-order valence-corrected chi connectivity index (χ4v) is 3.03. The number of halogens is 4. The average Bonchev–Trinajstić information content (AvgIpc) is 2.54. The van der Waals surface area contributed by atoms with Gasteiger partial charge in [0.15, 0.2) is 5.78 Å². The van der Waals surface area contributed by atoms with Gasteiger partial charge in [0.05, 0.1) is 5.56 Å². The summed E-state index contributed by atoms with van der Waals surface area (Å²) in [5, 5.41) is 9.76. The van der Waals surface area contributed by atoms with E-state index in [0.29, 0.717) is 24.1 Å². The molecular weight excluding hydrogens is 355 g/mol. The van der Waals surface area contributed by atoms with Crippen molar-refractivity contribution in [2.24, 2.45) is 0 Å². The highest BCUT2D eigenvalue weighted by molar-refractivity contribution is 6.60. The Balaban J connectivity index is 1.90. The van der Waals surface area contributed by atoms with Crippen LogP contribution in [-0.2, 0) is 23.7 Å². The number of hydrogen-bond acceptors (Lipinski definition) is 3. The van der Waals surface area contributed by atoms with E-state index in [1.54, 1.807) is 18.2 Å². The Labute approximate surface area is 147 Å². The Morgan fingerprint density at radius 1 is 1.24 bits per heavy atom. The second-order valence-corrected chi connectivity index (χ2v) is 6.23. The number of carbonyl (C=O) groups is 1. The van der Waals surface area contributed by atoms with Gasteiger partial charge in [-0.15, -0.1) is 0 Å². The molecule has 0 saturated carbocycles. The zero-order valence-electron chi connectivity index (χ0n) is 12.9. The highest BCUT2D eigenvalue weighted by atomic mass is 35.5. The summed E-state index contributed by atoms with van der Waals surface area (Å²) in [5.41, 5.74) is 0.482. The molecule has 0 spiro atoms. The summed E-state index contributed by atoms with van der Waals surface area (Å²) in [5.74, 6) is -0.671. The zero-order valence-corrected chi connectivity index (χ0v) is 13.7. The van der Waals surface area contributed by atoms with Gasteiger partial charge in [0, 0.05) is 23.6 Å². The Morgan fingerprint density at radius 2 is 2.00 bits per heavy atom. The SMILES string of the molecule is O=C(Cc1ccc2c(c1)B(O)OCC2)c1ccc(Cl)cc1C(F)(F)F. The largest absolute Gasteiger partial charge is 0.491 e. The van der Waals surface area contributed by atoms with Gasteiger partial charge in [-0.3, -0.25) is 4.79 Å². The van der Waals surface area contributed by atoms with Crippen LogP contribution in [0.3, 0.4) is 0 Å². The van der Waals surface area contributed by atoms with Crippen LogP contribution < -0.4 is 5.46 Å². The van der Waals surface area contributed by atoms with Gasteiger partial charge >= 0.3 is 13.3 Å². The molecule has 0 amide bonds. The van der Waals surface area contributed by atoms with E-state index in [2.05, 4.69) is 0 Å². The van der Waals surface area contributed by atoms with E-state index in [9.17, 15) is 23.0 Å². The maximum Gasteiger partial charge on any atom is 0.491 e. The third-order valence-electron chi connectivity index (χ3n) is 4.08. The summed E-state index contributed by atoms with van der Waals surface area (Å²) in [7, 11) is -1.08. The Kier molecular flexibility index (Phi) is 4.91. The Morgan fingerprint density at radius 3 is 2.72 bits per heavy atom. The fraction of sp³-hybridized carbons (Fsp3) is 0.235. The number of alkyl halides is 3. The maximum absolute atomic E-state index is 13.1. The molecule has 25 heavy (non-hydrogen) atoms. The molecule has 3 nitrogen and oxygen atoms in total. The van der Waals surface area contributed by atoms with Crippen molar-refractivity contribution < 1.29 is 27.6 Å². The zero-order chi connectivity index (χ0) is 18.2. The molecule has 1 aliphatic heterocycles. The quantitative estimate of drug-likeness (QED) is 0.669. The second kappa shape index (κ2) is 6.82. The van der Waals surface area contributed by atoms with E-state index in [1.807, 2.05) is 0 Å². The third-order valence-corrected chi connectivity index (χ3v) is 4.31. The molecule has 0 aliphatic carbocycles. The van der Waals surface area contributed by atoms with E-state index < -0.39 is 30.2 Å². The number of rotatable bonds is 3. The summed E-state index contributed by atoms with van der Waals surface area (Å²) in [6.45, 7) is 0.395. The highest BCUT2D eigenvalue weighted by Gasteiger charge is 2.35. The van der Waals surface area contributed by atoms with Gasteiger partial charge in [-0.2, -0.15) is 13.2 Å². The molecule has 1 aliphatic rings. The van der Waals surface area contributed by atoms with Gasteiger partial charge < -0.3 is 9.68 Å². The molecule has 0 saturated heterocycles. The second-order valence-electron chi connectivity index (χ2n) is 5.79. The number of Topliss-reactive ketones (excluding diaryl/α,β-unsaturated/α-hetero) is 1. The third kappa shape index (κ3) is 3.89. The number of carbonyl (C=O) groups excluding carboxylic acids is 1. The Bertz CT molecular complexity index is 823. The molecule has 0 unspecified atom stereocenters. The van der Waals surface area contributed by atoms with Crippen LogP contribution in [0.1, 0.15) is 27.0 Å². The van der Waals surface area contributed by atoms with Crippen LogP contribution in [-0.4, -0.2) is 24.5 Å². The van der Waals surface area contributed by atoms with Crippen LogP contribution in [0.5, 0.6) is 0 Å². The first kappa shape index (κ1) is 18.0. The highest BCUT2D eigenvalue weighted by Crippen LogP contribution is 2.34. The monoisotopic (exact) mass is 368 g/mol. The molecule has 0 radical (unpaired) electrons. The van der Waals surface area contributed by atoms with Crippen molar-refractivity contribution in [1.29, 1.82) is 0 Å². The first-order valence-electron chi connectivity index (χ1n) is 7.57. The minimum atomic E-state index is -4.67. The summed E-state index contributed by atoms with van der Waals surface area (Å²) in [6, 6.07) is 8.13. The van der Waals surface area contributed by atoms with E-state index in [1.165, 1.54) is 6.07 Å². The fourth-order valence-electron chi connectivity index (χ4n) is 2.86. The summed E-state index contributed by atoms with van der Waals surface area (Å²) in [4.78, 5) is 12.4. The lowest BCUT2D eigenvalue weighted by Gasteiger charge is -2.19. The molecule has 0 aromatic heterocycles. The lowest BCUT2D eigenvalue weighted by molar-refractivity contribution is -0.137. The van der Waals surface area contributed by atoms with Crippen molar-refractivity contribution >= 4 is 30.0 Å². The van der Waals surface area contributed by atoms with Crippen LogP contribution in [0, 0.1) is 0 Å². The van der Waals surface area contributed by atoms with Crippen LogP contribution in [0.2, 0.25) is 5.02 Å². The van der Waals surface area contributed by atoms with Gasteiger partial charge in [-0.1, -0.05) is 29.8 Å². The van der Waals surface area contributed by atoms with Gasteiger partial charge in [0.25, 0.3) is 0 Å². The minimum absolute atomic E-state index is 0.0853. The predicted molar refractivity (Wildman–Crippen MR) is 88.2 cm³/mol. The maximum atomic E-state index is 13.1. The molecule has 1 heterocycles. The molecule has 0 bridgehead atoms. The lowest BCUT2D eigenvalue weighted by atomic mass is 9.72. The van der Waals surface area contributed by atoms with Crippen LogP contribution in [0.4, 0.5) is 13.2 Å². The van der Waals surface area contributed by atoms with Crippen molar-refractivity contribution in [2.45, 2.75) is 19.0 Å². The minimum Gasteiger partial charge on any atom is -0.423 e. The van der Waals surface area contributed by atoms with E-state index >= 15 is 0 Å². The Hall–Kier alpha value is -1.83. The van der Waals surface area contributed by atoms with Crippen LogP contribution in [0.25, 0.3) is 0 Å². The smallest absolute Gasteiger partial charge is 0.423 e. The van der Waals surface area contributed by atoms with Crippen molar-refractivity contribution in [2.75, 3.05) is 6.61 Å².